The molecule has 4 heteroatoms. The number of benzene rings is 1. The third-order valence-electron chi connectivity index (χ3n) is 4.14. The smallest absolute Gasteiger partial charge is 0.0564 e. The largest absolute Gasteiger partial charge is 0.271 e. The number of nitrogens with one attached hydrogen (secondary N) is 1. The van der Waals surface area contributed by atoms with E-state index < -0.39 is 0 Å². The standard InChI is InChI=1S/C16H22N2S2/c17-18-15(11-20-13-6-2-1-3-7-13)14-8-4-5-12-9-10-19-16(12)14/h4-5,8-10,13,15,18H,1-3,6-7,11,17H2. The van der Waals surface area contributed by atoms with Crippen molar-refractivity contribution < 1.29 is 0 Å². The van der Waals surface area contributed by atoms with Crippen molar-refractivity contribution in [3.63, 3.8) is 0 Å². The summed E-state index contributed by atoms with van der Waals surface area (Å²) < 4.78 is 1.37. The summed E-state index contributed by atoms with van der Waals surface area (Å²) in [6.45, 7) is 0. The lowest BCUT2D eigenvalue weighted by molar-refractivity contribution is 0.514. The number of hydrogen-bond donors (Lipinski definition) is 2. The molecule has 3 rings (SSSR count). The molecule has 0 aliphatic heterocycles. The zero-order valence-corrected chi connectivity index (χ0v) is 13.3. The molecule has 1 fully saturated rings. The molecule has 1 atom stereocenters. The molecule has 1 aromatic carbocycles. The molecule has 0 spiro atoms. The van der Waals surface area contributed by atoms with Crippen LogP contribution in [0.5, 0.6) is 0 Å². The van der Waals surface area contributed by atoms with Gasteiger partial charge >= 0.3 is 0 Å². The van der Waals surface area contributed by atoms with E-state index in [9.17, 15) is 0 Å². The van der Waals surface area contributed by atoms with Crippen molar-refractivity contribution in [1.29, 1.82) is 0 Å². The van der Waals surface area contributed by atoms with E-state index in [1.54, 1.807) is 0 Å². The van der Waals surface area contributed by atoms with Crippen molar-refractivity contribution in [3.05, 3.63) is 35.2 Å². The molecule has 1 aliphatic carbocycles. The Morgan fingerprint density at radius 1 is 1.25 bits per heavy atom. The first-order valence-corrected chi connectivity index (χ1v) is 9.35. The van der Waals surface area contributed by atoms with Gasteiger partial charge < -0.3 is 0 Å². The van der Waals surface area contributed by atoms with Gasteiger partial charge in [-0.3, -0.25) is 11.3 Å². The SMILES string of the molecule is NNC(CSC1CCCCC1)c1cccc2ccsc12. The molecule has 3 N–H and O–H groups in total. The third-order valence-corrected chi connectivity index (χ3v) is 6.58. The van der Waals surface area contributed by atoms with E-state index in [-0.39, 0.29) is 6.04 Å². The Morgan fingerprint density at radius 3 is 2.90 bits per heavy atom. The molecule has 0 bridgehead atoms. The summed E-state index contributed by atoms with van der Waals surface area (Å²) >= 11 is 3.91. The van der Waals surface area contributed by atoms with Crippen molar-refractivity contribution in [2.75, 3.05) is 5.75 Å². The second-order valence-electron chi connectivity index (χ2n) is 5.50. The summed E-state index contributed by atoms with van der Waals surface area (Å²) in [6.07, 6.45) is 6.98. The molecule has 0 saturated heterocycles. The number of hydrogen-bond acceptors (Lipinski definition) is 4. The lowest BCUT2D eigenvalue weighted by atomic mass is 10.0. The molecule has 2 aromatic rings. The molecule has 108 valence electrons. The first kappa shape index (κ1) is 14.4. The fourth-order valence-corrected chi connectivity index (χ4v) is 5.36. The molecule has 1 heterocycles. The minimum absolute atomic E-state index is 0.254. The van der Waals surface area contributed by atoms with Crippen molar-refractivity contribution in [3.8, 4) is 0 Å². The number of fused-ring (bicyclic) bond motifs is 1. The van der Waals surface area contributed by atoms with Gasteiger partial charge in [-0.25, -0.2) is 0 Å². The first-order valence-electron chi connectivity index (χ1n) is 7.42. The molecular weight excluding hydrogens is 284 g/mol. The van der Waals surface area contributed by atoms with Gasteiger partial charge in [-0.2, -0.15) is 11.8 Å². The second-order valence-corrected chi connectivity index (χ2v) is 7.75. The van der Waals surface area contributed by atoms with Crippen LogP contribution in [-0.2, 0) is 0 Å². The Bertz CT molecular complexity index is 546. The second kappa shape index (κ2) is 6.94. The van der Waals surface area contributed by atoms with Crippen LogP contribution in [0.3, 0.4) is 0 Å². The minimum Gasteiger partial charge on any atom is -0.271 e. The predicted molar refractivity (Wildman–Crippen MR) is 91.2 cm³/mol. The van der Waals surface area contributed by atoms with Crippen LogP contribution >= 0.6 is 23.1 Å². The maximum absolute atomic E-state index is 5.82. The Hall–Kier alpha value is -0.550. The van der Waals surface area contributed by atoms with Crippen molar-refractivity contribution in [1.82, 2.24) is 5.43 Å². The summed E-state index contributed by atoms with van der Waals surface area (Å²) in [6, 6.07) is 8.97. The topological polar surface area (TPSA) is 38.0 Å². The van der Waals surface area contributed by atoms with Crippen LogP contribution < -0.4 is 11.3 Å². The van der Waals surface area contributed by atoms with Crippen molar-refractivity contribution in [2.45, 2.75) is 43.4 Å². The quantitative estimate of drug-likeness (QED) is 0.632. The van der Waals surface area contributed by atoms with Gasteiger partial charge in [0, 0.05) is 15.7 Å². The van der Waals surface area contributed by atoms with Crippen LogP contribution in [0.2, 0.25) is 0 Å². The third kappa shape index (κ3) is 3.19. The number of hydrazine groups is 1. The highest BCUT2D eigenvalue weighted by Gasteiger charge is 2.18. The minimum atomic E-state index is 0.254. The van der Waals surface area contributed by atoms with E-state index >= 15 is 0 Å². The molecule has 0 amide bonds. The van der Waals surface area contributed by atoms with Gasteiger partial charge in [0.25, 0.3) is 0 Å². The van der Waals surface area contributed by atoms with Gasteiger partial charge in [0.2, 0.25) is 0 Å². The van der Waals surface area contributed by atoms with Crippen LogP contribution in [0.1, 0.15) is 43.7 Å². The highest BCUT2D eigenvalue weighted by molar-refractivity contribution is 7.99. The Morgan fingerprint density at radius 2 is 2.10 bits per heavy atom. The van der Waals surface area contributed by atoms with Gasteiger partial charge in [-0.1, -0.05) is 37.5 Å². The van der Waals surface area contributed by atoms with Gasteiger partial charge in [0.15, 0.2) is 0 Å². The normalized spacial score (nSPS) is 18.4. The zero-order chi connectivity index (χ0) is 13.8. The van der Waals surface area contributed by atoms with Crippen LogP contribution in [-0.4, -0.2) is 11.0 Å². The van der Waals surface area contributed by atoms with E-state index in [2.05, 4.69) is 46.8 Å². The van der Waals surface area contributed by atoms with Crippen LogP contribution in [0.4, 0.5) is 0 Å². The van der Waals surface area contributed by atoms with Crippen LogP contribution in [0.25, 0.3) is 10.1 Å². The summed E-state index contributed by atoms with van der Waals surface area (Å²) in [5.41, 5.74) is 4.38. The van der Waals surface area contributed by atoms with Gasteiger partial charge in [0.05, 0.1) is 6.04 Å². The number of thioether (sulfide) groups is 1. The molecule has 1 aliphatic rings. The number of rotatable bonds is 5. The molecule has 1 saturated carbocycles. The highest BCUT2D eigenvalue weighted by atomic mass is 32.2. The molecule has 1 aromatic heterocycles. The molecule has 1 unspecified atom stereocenters. The molecule has 2 nitrogen and oxygen atoms in total. The predicted octanol–water partition coefficient (Wildman–Crippen LogP) is 4.47. The molecular formula is C16H22N2S2. The monoisotopic (exact) mass is 306 g/mol. The average Bonchev–Trinajstić information content (AvgIpc) is 2.98. The maximum atomic E-state index is 5.82. The number of nitrogens with two attached hydrogens (primary N) is 1. The summed E-state index contributed by atoms with van der Waals surface area (Å²) in [7, 11) is 0. The highest BCUT2D eigenvalue weighted by Crippen LogP contribution is 2.34. The van der Waals surface area contributed by atoms with E-state index in [1.165, 1.54) is 47.8 Å². The summed E-state index contributed by atoms with van der Waals surface area (Å²) in [5, 5.41) is 4.33. The van der Waals surface area contributed by atoms with Gasteiger partial charge in [-0.15, -0.1) is 11.3 Å². The van der Waals surface area contributed by atoms with E-state index in [4.69, 9.17) is 5.84 Å². The molecule has 20 heavy (non-hydrogen) atoms. The Kier molecular flexibility index (Phi) is 4.99. The summed E-state index contributed by atoms with van der Waals surface area (Å²) in [5.74, 6) is 6.89. The maximum Gasteiger partial charge on any atom is 0.0564 e. The average molecular weight is 306 g/mol. The lowest BCUT2D eigenvalue weighted by Gasteiger charge is -2.24. The Labute approximate surface area is 129 Å². The zero-order valence-electron chi connectivity index (χ0n) is 11.7. The molecule has 0 radical (unpaired) electrons. The lowest BCUT2D eigenvalue weighted by Crippen LogP contribution is -2.30. The van der Waals surface area contributed by atoms with Crippen LogP contribution in [0, 0.1) is 0 Å². The fraction of sp³-hybridized carbons (Fsp3) is 0.500. The van der Waals surface area contributed by atoms with Crippen molar-refractivity contribution in [2.24, 2.45) is 5.84 Å². The Balaban J connectivity index is 1.70. The number of thiophene rings is 1. The first-order chi connectivity index (χ1) is 9.88. The van der Waals surface area contributed by atoms with E-state index in [0.717, 1.165) is 11.0 Å². The van der Waals surface area contributed by atoms with E-state index in [1.807, 2.05) is 11.3 Å². The van der Waals surface area contributed by atoms with Gasteiger partial charge in [0.1, 0.15) is 0 Å². The fourth-order valence-electron chi connectivity index (χ4n) is 2.98. The van der Waals surface area contributed by atoms with Crippen molar-refractivity contribution >= 4 is 33.2 Å². The summed E-state index contributed by atoms with van der Waals surface area (Å²) in [4.78, 5) is 0. The van der Waals surface area contributed by atoms with E-state index in [0.29, 0.717) is 0 Å². The van der Waals surface area contributed by atoms with Crippen LogP contribution in [0.15, 0.2) is 29.6 Å². The van der Waals surface area contributed by atoms with Gasteiger partial charge in [-0.05, 0) is 35.2 Å².